The summed E-state index contributed by atoms with van der Waals surface area (Å²) in [6.45, 7) is 0. The number of nitrogens with zero attached hydrogens (tertiary/aromatic N) is 1. The molecule has 0 aromatic heterocycles. The second kappa shape index (κ2) is 6.67. The number of nitriles is 1. The fourth-order valence-corrected chi connectivity index (χ4v) is 1.79. The maximum Gasteiger partial charge on any atom is 0.184 e. The number of ether oxygens (including phenoxy) is 1. The Morgan fingerprint density at radius 1 is 1.05 bits per heavy atom. The lowest BCUT2D eigenvalue weighted by Crippen LogP contribution is -2.15. The van der Waals surface area contributed by atoms with Gasteiger partial charge < -0.3 is 4.74 Å². The third-order valence-electron chi connectivity index (χ3n) is 2.86. The summed E-state index contributed by atoms with van der Waals surface area (Å²) in [5, 5.41) is 9.04. The van der Waals surface area contributed by atoms with Crippen molar-refractivity contribution in [3.8, 4) is 11.8 Å². The fraction of sp³-hybridized carbons (Fsp3) is 0.188. The average Bonchev–Trinajstić information content (AvgIpc) is 2.47. The van der Waals surface area contributed by atoms with Crippen molar-refractivity contribution in [1.82, 2.24) is 0 Å². The van der Waals surface area contributed by atoms with Gasteiger partial charge in [-0.05, 0) is 36.2 Å². The Hall–Kier alpha value is -2.41. The Morgan fingerprint density at radius 2 is 1.75 bits per heavy atom. The lowest BCUT2D eigenvalue weighted by Gasteiger charge is -2.12. The van der Waals surface area contributed by atoms with E-state index in [0.29, 0.717) is 12.8 Å². The molecule has 1 atom stereocenters. The topological polar surface area (TPSA) is 33.0 Å². The number of hydrogen-bond acceptors (Lipinski definition) is 2. The molecule has 4 heteroatoms. The molecule has 0 radical (unpaired) electrons. The minimum absolute atomic E-state index is 0.0677. The summed E-state index contributed by atoms with van der Waals surface area (Å²) in [6.07, 6.45) is 0.237. The standard InChI is InChI=1S/C16H13F2NO/c17-13-8-5-12(6-9-13)7-10-14(11-19)20-16-4-2-1-3-15(16)18/h1-6,8-9,14H,7,10H2. The maximum absolute atomic E-state index is 13.4. The van der Waals surface area contributed by atoms with Crippen LogP contribution in [-0.2, 0) is 6.42 Å². The summed E-state index contributed by atoms with van der Waals surface area (Å²) in [5.41, 5.74) is 0.906. The van der Waals surface area contributed by atoms with Gasteiger partial charge in [0.05, 0.1) is 0 Å². The van der Waals surface area contributed by atoms with Gasteiger partial charge in [0.25, 0.3) is 0 Å². The largest absolute Gasteiger partial charge is 0.472 e. The van der Waals surface area contributed by atoms with Gasteiger partial charge in [-0.2, -0.15) is 5.26 Å². The molecule has 102 valence electrons. The molecule has 2 nitrogen and oxygen atoms in total. The molecule has 2 aromatic carbocycles. The van der Waals surface area contributed by atoms with Crippen LogP contribution in [0, 0.1) is 23.0 Å². The smallest absolute Gasteiger partial charge is 0.184 e. The van der Waals surface area contributed by atoms with Crippen molar-refractivity contribution in [2.75, 3.05) is 0 Å². The quantitative estimate of drug-likeness (QED) is 0.828. The third kappa shape index (κ3) is 3.79. The van der Waals surface area contributed by atoms with Gasteiger partial charge in [-0.3, -0.25) is 0 Å². The predicted molar refractivity (Wildman–Crippen MR) is 71.2 cm³/mol. The first-order chi connectivity index (χ1) is 9.69. The van der Waals surface area contributed by atoms with Crippen LogP contribution in [-0.4, -0.2) is 6.10 Å². The highest BCUT2D eigenvalue weighted by Gasteiger charge is 2.12. The minimum atomic E-state index is -0.739. The molecule has 0 aliphatic heterocycles. The van der Waals surface area contributed by atoms with Gasteiger partial charge in [0.15, 0.2) is 17.7 Å². The van der Waals surface area contributed by atoms with Crippen LogP contribution in [0.5, 0.6) is 5.75 Å². The van der Waals surface area contributed by atoms with Crippen molar-refractivity contribution in [1.29, 1.82) is 5.26 Å². The van der Waals surface area contributed by atoms with E-state index in [-0.39, 0.29) is 11.6 Å². The van der Waals surface area contributed by atoms with Crippen LogP contribution >= 0.6 is 0 Å². The van der Waals surface area contributed by atoms with Crippen molar-refractivity contribution in [2.24, 2.45) is 0 Å². The van der Waals surface area contributed by atoms with Crippen LogP contribution in [0.1, 0.15) is 12.0 Å². The van der Waals surface area contributed by atoms with E-state index in [4.69, 9.17) is 10.00 Å². The predicted octanol–water partition coefficient (Wildman–Crippen LogP) is 3.87. The number of hydrogen-bond donors (Lipinski definition) is 0. The van der Waals surface area contributed by atoms with Crippen LogP contribution in [0.15, 0.2) is 48.5 Å². The number of para-hydroxylation sites is 1. The van der Waals surface area contributed by atoms with Crippen molar-refractivity contribution in [2.45, 2.75) is 18.9 Å². The van der Waals surface area contributed by atoms with Crippen LogP contribution < -0.4 is 4.74 Å². The molecule has 2 rings (SSSR count). The van der Waals surface area contributed by atoms with E-state index in [0.717, 1.165) is 5.56 Å². The highest BCUT2D eigenvalue weighted by atomic mass is 19.1. The van der Waals surface area contributed by atoms with E-state index in [1.807, 2.05) is 6.07 Å². The fourth-order valence-electron chi connectivity index (χ4n) is 1.79. The van der Waals surface area contributed by atoms with Crippen molar-refractivity contribution < 1.29 is 13.5 Å². The van der Waals surface area contributed by atoms with E-state index in [9.17, 15) is 8.78 Å². The molecule has 0 saturated carbocycles. The first-order valence-corrected chi connectivity index (χ1v) is 6.24. The van der Waals surface area contributed by atoms with Crippen LogP contribution in [0.2, 0.25) is 0 Å². The van der Waals surface area contributed by atoms with Gasteiger partial charge in [-0.1, -0.05) is 24.3 Å². The van der Waals surface area contributed by atoms with E-state index < -0.39 is 11.9 Å². The van der Waals surface area contributed by atoms with Crippen molar-refractivity contribution in [3.05, 3.63) is 65.7 Å². The van der Waals surface area contributed by atoms with Crippen molar-refractivity contribution >= 4 is 0 Å². The Balaban J connectivity index is 1.95. The molecular formula is C16H13F2NO. The second-order valence-electron chi connectivity index (χ2n) is 4.33. The highest BCUT2D eigenvalue weighted by Crippen LogP contribution is 2.18. The number of benzene rings is 2. The normalized spacial score (nSPS) is 11.7. The van der Waals surface area contributed by atoms with Crippen LogP contribution in [0.3, 0.4) is 0 Å². The number of aryl methyl sites for hydroxylation is 1. The molecule has 0 saturated heterocycles. The molecule has 0 fully saturated rings. The Bertz CT molecular complexity index is 605. The third-order valence-corrected chi connectivity index (χ3v) is 2.86. The summed E-state index contributed by atoms with van der Waals surface area (Å²) in [5.74, 6) is -0.721. The van der Waals surface area contributed by atoms with Gasteiger partial charge in [0.2, 0.25) is 0 Å². The second-order valence-corrected chi connectivity index (χ2v) is 4.33. The number of rotatable bonds is 5. The Kier molecular flexibility index (Phi) is 4.67. The first-order valence-electron chi connectivity index (χ1n) is 6.24. The molecule has 0 N–H and O–H groups in total. The molecule has 0 bridgehead atoms. The van der Waals surface area contributed by atoms with Gasteiger partial charge in [-0.25, -0.2) is 8.78 Å². The summed E-state index contributed by atoms with van der Waals surface area (Å²) in [6, 6.07) is 14.0. The molecule has 1 unspecified atom stereocenters. The highest BCUT2D eigenvalue weighted by molar-refractivity contribution is 5.24. The van der Waals surface area contributed by atoms with E-state index in [1.54, 1.807) is 24.3 Å². The molecule has 0 amide bonds. The van der Waals surface area contributed by atoms with Gasteiger partial charge in [-0.15, -0.1) is 0 Å². The lowest BCUT2D eigenvalue weighted by molar-refractivity contribution is 0.234. The molecule has 20 heavy (non-hydrogen) atoms. The van der Waals surface area contributed by atoms with Gasteiger partial charge in [0, 0.05) is 6.42 Å². The maximum atomic E-state index is 13.4. The molecule has 0 heterocycles. The Labute approximate surface area is 116 Å². The van der Waals surface area contributed by atoms with Crippen LogP contribution in [0.4, 0.5) is 8.78 Å². The van der Waals surface area contributed by atoms with Crippen molar-refractivity contribution in [3.63, 3.8) is 0 Å². The van der Waals surface area contributed by atoms with Crippen LogP contribution in [0.25, 0.3) is 0 Å². The van der Waals surface area contributed by atoms with E-state index in [2.05, 4.69) is 0 Å². The molecule has 0 aliphatic carbocycles. The van der Waals surface area contributed by atoms with E-state index in [1.165, 1.54) is 24.3 Å². The summed E-state index contributed by atoms with van der Waals surface area (Å²) < 4.78 is 31.5. The molecule has 2 aromatic rings. The molecule has 0 spiro atoms. The molecule has 0 aliphatic rings. The zero-order chi connectivity index (χ0) is 14.4. The van der Waals surface area contributed by atoms with Gasteiger partial charge >= 0.3 is 0 Å². The lowest BCUT2D eigenvalue weighted by atomic mass is 10.1. The monoisotopic (exact) mass is 273 g/mol. The number of halogens is 2. The van der Waals surface area contributed by atoms with Gasteiger partial charge in [0.1, 0.15) is 11.9 Å². The van der Waals surface area contributed by atoms with E-state index >= 15 is 0 Å². The summed E-state index contributed by atoms with van der Waals surface area (Å²) in [7, 11) is 0. The Morgan fingerprint density at radius 3 is 2.40 bits per heavy atom. The first kappa shape index (κ1) is 14.0. The molecular weight excluding hydrogens is 260 g/mol. The summed E-state index contributed by atoms with van der Waals surface area (Å²) in [4.78, 5) is 0. The SMILES string of the molecule is N#CC(CCc1ccc(F)cc1)Oc1ccccc1F. The summed E-state index contributed by atoms with van der Waals surface area (Å²) >= 11 is 0. The average molecular weight is 273 g/mol. The zero-order valence-electron chi connectivity index (χ0n) is 10.7. The minimum Gasteiger partial charge on any atom is -0.472 e. The zero-order valence-corrected chi connectivity index (χ0v) is 10.7.